The highest BCUT2D eigenvalue weighted by molar-refractivity contribution is 7.92. The van der Waals surface area contributed by atoms with Gasteiger partial charge in [-0.1, -0.05) is 17.2 Å². The van der Waals surface area contributed by atoms with Crippen LogP contribution in [0.15, 0.2) is 29.2 Å². The van der Waals surface area contributed by atoms with E-state index in [4.69, 9.17) is 0 Å². The Balaban J connectivity index is 2.26. The summed E-state index contributed by atoms with van der Waals surface area (Å²) in [4.78, 5) is 0.913. The minimum atomic E-state index is -3.94. The van der Waals surface area contributed by atoms with Gasteiger partial charge in [-0.05, 0) is 17.3 Å². The molecule has 0 saturated carbocycles. The lowest BCUT2D eigenvalue weighted by molar-refractivity contribution is 0.0174. The summed E-state index contributed by atoms with van der Waals surface area (Å²) in [6.45, 7) is 0.734. The number of halogens is 2. The predicted octanol–water partition coefficient (Wildman–Crippen LogP) is 1.12. The Kier molecular flexibility index (Phi) is 3.42. The molecule has 0 amide bonds. The molecule has 1 heterocycles. The summed E-state index contributed by atoms with van der Waals surface area (Å²) in [6.07, 6.45) is 0. The van der Waals surface area contributed by atoms with Crippen molar-refractivity contribution >= 4 is 16.0 Å². The average molecular weight is 303 g/mol. The highest BCUT2D eigenvalue weighted by atomic mass is 32.2. The third-order valence-electron chi connectivity index (χ3n) is 2.41. The second-order valence-corrected chi connectivity index (χ2v) is 5.80. The number of anilines is 1. The lowest BCUT2D eigenvalue weighted by Crippen LogP contribution is -2.15. The Morgan fingerprint density at radius 2 is 1.85 bits per heavy atom. The Bertz CT molecular complexity index is 706. The number of benzene rings is 1. The summed E-state index contributed by atoms with van der Waals surface area (Å²) in [5.41, 5.74) is -0.269. The molecule has 0 fully saturated rings. The first-order chi connectivity index (χ1) is 9.18. The van der Waals surface area contributed by atoms with Gasteiger partial charge in [0.2, 0.25) is 0 Å². The minimum Gasteiger partial charge on any atom is -0.245 e. The van der Waals surface area contributed by atoms with Gasteiger partial charge in [-0.3, -0.25) is 0 Å². The molecule has 20 heavy (non-hydrogen) atoms. The first-order valence-electron chi connectivity index (χ1n) is 5.44. The summed E-state index contributed by atoms with van der Waals surface area (Å²) < 4.78 is 52.1. The molecule has 0 unspecified atom stereocenters. The summed E-state index contributed by atoms with van der Waals surface area (Å²) in [6, 6.07) is 4.29. The Labute approximate surface area is 113 Å². The first kappa shape index (κ1) is 14.3. The average Bonchev–Trinajstić information content (AvgIpc) is 2.73. The Morgan fingerprint density at radius 3 is 2.30 bits per heavy atom. The van der Waals surface area contributed by atoms with Gasteiger partial charge in [0.05, 0.1) is 11.9 Å². The normalized spacial score (nSPS) is 12.4. The van der Waals surface area contributed by atoms with Crippen molar-refractivity contribution in [1.29, 1.82) is 0 Å². The minimum absolute atomic E-state index is 0.169. The van der Waals surface area contributed by atoms with Gasteiger partial charge in [-0.15, -0.1) is 5.10 Å². The number of tetrazole rings is 1. The van der Waals surface area contributed by atoms with Crippen molar-refractivity contribution in [2.24, 2.45) is 7.05 Å². The number of aromatic nitrogens is 4. The number of sulfonamides is 1. The Hall–Kier alpha value is -2.10. The number of nitrogens with zero attached hydrogens (tertiary/aromatic N) is 4. The van der Waals surface area contributed by atoms with Crippen molar-refractivity contribution in [3.8, 4) is 0 Å². The monoisotopic (exact) mass is 303 g/mol. The molecule has 1 N–H and O–H groups in total. The van der Waals surface area contributed by atoms with Crippen LogP contribution in [0.3, 0.4) is 0 Å². The highest BCUT2D eigenvalue weighted by Crippen LogP contribution is 2.27. The zero-order valence-corrected chi connectivity index (χ0v) is 11.4. The van der Waals surface area contributed by atoms with E-state index in [9.17, 15) is 17.2 Å². The standard InChI is InChI=1S/C10H11F2N5O2S/c1-10(11,12)7-3-5-8(6-4-7)20(18,19)15-9-13-16-17(2)14-9/h3-6H,1-2H3,(H,14,15). The summed E-state index contributed by atoms with van der Waals surface area (Å²) in [5, 5.41) is 10.6. The van der Waals surface area contributed by atoms with Crippen molar-refractivity contribution in [3.63, 3.8) is 0 Å². The lowest BCUT2D eigenvalue weighted by Gasteiger charge is -2.11. The fraction of sp³-hybridized carbons (Fsp3) is 0.300. The fourth-order valence-electron chi connectivity index (χ4n) is 1.43. The van der Waals surface area contributed by atoms with Crippen molar-refractivity contribution < 1.29 is 17.2 Å². The molecule has 108 valence electrons. The Morgan fingerprint density at radius 1 is 1.25 bits per heavy atom. The zero-order chi connectivity index (χ0) is 15.0. The molecule has 7 nitrogen and oxygen atoms in total. The third kappa shape index (κ3) is 3.07. The maximum Gasteiger partial charge on any atom is 0.277 e. The molecular weight excluding hydrogens is 292 g/mol. The van der Waals surface area contributed by atoms with Gasteiger partial charge in [0.1, 0.15) is 0 Å². The van der Waals surface area contributed by atoms with Gasteiger partial charge >= 0.3 is 0 Å². The van der Waals surface area contributed by atoms with Crippen LogP contribution in [0.5, 0.6) is 0 Å². The largest absolute Gasteiger partial charge is 0.277 e. The molecule has 0 aliphatic carbocycles. The molecule has 0 aliphatic rings. The molecule has 10 heteroatoms. The number of hydrogen-bond donors (Lipinski definition) is 1. The second kappa shape index (κ2) is 4.78. The number of nitrogens with one attached hydrogen (secondary N) is 1. The van der Waals surface area contributed by atoms with Crippen LogP contribution in [-0.4, -0.2) is 28.6 Å². The topological polar surface area (TPSA) is 89.8 Å². The molecule has 1 aromatic heterocycles. The zero-order valence-electron chi connectivity index (χ0n) is 10.6. The molecule has 0 spiro atoms. The van der Waals surface area contributed by atoms with E-state index >= 15 is 0 Å². The van der Waals surface area contributed by atoms with E-state index in [1.807, 2.05) is 0 Å². The van der Waals surface area contributed by atoms with Crippen LogP contribution < -0.4 is 4.72 Å². The van der Waals surface area contributed by atoms with Gasteiger partial charge in [0.15, 0.2) is 0 Å². The van der Waals surface area contributed by atoms with Crippen molar-refractivity contribution in [2.75, 3.05) is 4.72 Å². The first-order valence-corrected chi connectivity index (χ1v) is 6.92. The van der Waals surface area contributed by atoms with E-state index < -0.39 is 15.9 Å². The number of aryl methyl sites for hydroxylation is 1. The smallest absolute Gasteiger partial charge is 0.245 e. The van der Waals surface area contributed by atoms with E-state index in [1.165, 1.54) is 7.05 Å². The number of alkyl halides is 2. The van der Waals surface area contributed by atoms with E-state index in [2.05, 4.69) is 20.1 Å². The fourth-order valence-corrected chi connectivity index (χ4v) is 2.37. The van der Waals surface area contributed by atoms with Crippen molar-refractivity contribution in [3.05, 3.63) is 29.8 Å². The molecule has 0 bridgehead atoms. The molecule has 2 aromatic rings. The van der Waals surface area contributed by atoms with Crippen LogP contribution >= 0.6 is 0 Å². The van der Waals surface area contributed by atoms with Crippen LogP contribution in [-0.2, 0) is 23.0 Å². The van der Waals surface area contributed by atoms with E-state index in [0.29, 0.717) is 0 Å². The van der Waals surface area contributed by atoms with Crippen LogP contribution in [0, 0.1) is 0 Å². The van der Waals surface area contributed by atoms with E-state index in [0.717, 1.165) is 36.0 Å². The third-order valence-corrected chi connectivity index (χ3v) is 3.75. The molecule has 0 saturated heterocycles. The summed E-state index contributed by atoms with van der Waals surface area (Å²) >= 11 is 0. The van der Waals surface area contributed by atoms with Gasteiger partial charge in [-0.2, -0.15) is 4.80 Å². The quantitative estimate of drug-likeness (QED) is 0.914. The number of rotatable bonds is 4. The molecule has 0 radical (unpaired) electrons. The predicted molar refractivity (Wildman–Crippen MR) is 65.6 cm³/mol. The van der Waals surface area contributed by atoms with Crippen LogP contribution in [0.25, 0.3) is 0 Å². The molecular formula is C10H11F2N5O2S. The van der Waals surface area contributed by atoms with Crippen molar-refractivity contribution in [1.82, 2.24) is 20.2 Å². The van der Waals surface area contributed by atoms with Gasteiger partial charge in [0.25, 0.3) is 21.9 Å². The number of hydrogen-bond acceptors (Lipinski definition) is 5. The maximum absolute atomic E-state index is 13.0. The lowest BCUT2D eigenvalue weighted by atomic mass is 10.1. The summed E-state index contributed by atoms with van der Waals surface area (Å²) in [7, 11) is -2.46. The SMILES string of the molecule is Cn1nnc(NS(=O)(=O)c2ccc(C(C)(F)F)cc2)n1. The van der Waals surface area contributed by atoms with Crippen LogP contribution in [0.1, 0.15) is 12.5 Å². The molecule has 0 aliphatic heterocycles. The van der Waals surface area contributed by atoms with Gasteiger partial charge in [-0.25, -0.2) is 21.9 Å². The maximum atomic E-state index is 13.0. The molecule has 2 rings (SSSR count). The van der Waals surface area contributed by atoms with Crippen LogP contribution in [0.2, 0.25) is 0 Å². The van der Waals surface area contributed by atoms with E-state index in [-0.39, 0.29) is 16.4 Å². The van der Waals surface area contributed by atoms with Crippen LogP contribution in [0.4, 0.5) is 14.7 Å². The summed E-state index contributed by atoms with van der Waals surface area (Å²) in [5.74, 6) is -3.22. The van der Waals surface area contributed by atoms with E-state index in [1.54, 1.807) is 0 Å². The highest BCUT2D eigenvalue weighted by Gasteiger charge is 2.25. The van der Waals surface area contributed by atoms with Gasteiger partial charge in [0, 0.05) is 12.5 Å². The second-order valence-electron chi connectivity index (χ2n) is 4.12. The molecule has 1 aromatic carbocycles. The van der Waals surface area contributed by atoms with Gasteiger partial charge < -0.3 is 0 Å². The van der Waals surface area contributed by atoms with Crippen molar-refractivity contribution in [2.45, 2.75) is 17.7 Å². The molecule has 0 atom stereocenters.